The van der Waals surface area contributed by atoms with Crippen LogP contribution in [0.1, 0.15) is 25.5 Å². The summed E-state index contributed by atoms with van der Waals surface area (Å²) in [7, 11) is -3.18. The summed E-state index contributed by atoms with van der Waals surface area (Å²) in [6.07, 6.45) is 0. The molecule has 0 aliphatic carbocycles. The predicted molar refractivity (Wildman–Crippen MR) is 76.4 cm³/mol. The fourth-order valence-corrected chi connectivity index (χ4v) is 2.97. The number of nitrogens with one attached hydrogen (secondary N) is 2. The molecular weight excluding hydrogens is 280 g/mol. The number of hydrogen-bond acceptors (Lipinski definition) is 5. The quantitative estimate of drug-likeness (QED) is 0.786. The predicted octanol–water partition coefficient (Wildman–Crippen LogP) is 1.01. The minimum Gasteiger partial charge on any atom is -0.454 e. The molecule has 0 saturated carbocycles. The molecule has 2 N–H and O–H groups in total. The van der Waals surface area contributed by atoms with Gasteiger partial charge in [0.2, 0.25) is 16.8 Å². The van der Waals surface area contributed by atoms with Crippen molar-refractivity contribution in [2.45, 2.75) is 19.9 Å². The standard InChI is InChI=1S/C13H20N2O4S/c1-3-15-20(16,17)7-6-14-10(2)11-4-5-12-13(8-11)19-9-18-12/h4-5,8,10,14-15H,3,6-7,9H2,1-2H3. The highest BCUT2D eigenvalue weighted by Crippen LogP contribution is 2.33. The summed E-state index contributed by atoms with van der Waals surface area (Å²) in [5.41, 5.74) is 1.04. The summed E-state index contributed by atoms with van der Waals surface area (Å²) in [6.45, 7) is 4.81. The first-order chi connectivity index (χ1) is 9.52. The summed E-state index contributed by atoms with van der Waals surface area (Å²) >= 11 is 0. The van der Waals surface area contributed by atoms with Crippen LogP contribution in [0.5, 0.6) is 11.5 Å². The number of fused-ring (bicyclic) bond motifs is 1. The Kier molecular flexibility index (Phi) is 4.85. The van der Waals surface area contributed by atoms with Crippen molar-refractivity contribution in [3.05, 3.63) is 23.8 Å². The largest absolute Gasteiger partial charge is 0.454 e. The number of rotatable bonds is 7. The Morgan fingerprint density at radius 3 is 2.80 bits per heavy atom. The van der Waals surface area contributed by atoms with Crippen molar-refractivity contribution in [2.75, 3.05) is 25.6 Å². The lowest BCUT2D eigenvalue weighted by atomic mass is 10.1. The fourth-order valence-electron chi connectivity index (χ4n) is 2.00. The molecule has 0 fully saturated rings. The molecule has 1 aliphatic heterocycles. The van der Waals surface area contributed by atoms with Crippen molar-refractivity contribution >= 4 is 10.0 Å². The van der Waals surface area contributed by atoms with E-state index in [0.717, 1.165) is 17.1 Å². The minimum absolute atomic E-state index is 0.0429. The van der Waals surface area contributed by atoms with Gasteiger partial charge in [-0.25, -0.2) is 13.1 Å². The normalized spacial score (nSPS) is 15.3. The maximum atomic E-state index is 11.5. The zero-order valence-corrected chi connectivity index (χ0v) is 12.5. The molecule has 0 saturated heterocycles. The van der Waals surface area contributed by atoms with Crippen molar-refractivity contribution in [1.82, 2.24) is 10.0 Å². The number of benzene rings is 1. The van der Waals surface area contributed by atoms with Crippen molar-refractivity contribution in [3.63, 3.8) is 0 Å². The summed E-state index contributed by atoms with van der Waals surface area (Å²) < 4.78 is 36.1. The van der Waals surface area contributed by atoms with Crippen LogP contribution in [0.25, 0.3) is 0 Å². The zero-order valence-electron chi connectivity index (χ0n) is 11.7. The Hall–Kier alpha value is -1.31. The van der Waals surface area contributed by atoms with E-state index >= 15 is 0 Å². The molecular formula is C13H20N2O4S. The highest BCUT2D eigenvalue weighted by molar-refractivity contribution is 7.89. The zero-order chi connectivity index (χ0) is 14.6. The van der Waals surface area contributed by atoms with Crippen molar-refractivity contribution in [3.8, 4) is 11.5 Å². The van der Waals surface area contributed by atoms with Crippen LogP contribution in [0, 0.1) is 0 Å². The minimum atomic E-state index is -3.18. The lowest BCUT2D eigenvalue weighted by Crippen LogP contribution is -2.32. The molecule has 7 heteroatoms. The molecule has 1 unspecified atom stereocenters. The second-order valence-corrected chi connectivity index (χ2v) is 6.53. The third-order valence-electron chi connectivity index (χ3n) is 3.08. The van der Waals surface area contributed by atoms with Crippen molar-refractivity contribution in [2.24, 2.45) is 0 Å². The third kappa shape index (κ3) is 3.84. The molecule has 20 heavy (non-hydrogen) atoms. The molecule has 1 aromatic carbocycles. The number of ether oxygens (including phenoxy) is 2. The van der Waals surface area contributed by atoms with Crippen LogP contribution < -0.4 is 19.5 Å². The monoisotopic (exact) mass is 300 g/mol. The first-order valence-electron chi connectivity index (χ1n) is 6.62. The number of sulfonamides is 1. The highest BCUT2D eigenvalue weighted by atomic mass is 32.2. The summed E-state index contributed by atoms with van der Waals surface area (Å²) in [5.74, 6) is 1.54. The Morgan fingerprint density at radius 1 is 1.30 bits per heavy atom. The molecule has 6 nitrogen and oxygen atoms in total. The van der Waals surface area contributed by atoms with E-state index < -0.39 is 10.0 Å². The van der Waals surface area contributed by atoms with Gasteiger partial charge < -0.3 is 14.8 Å². The van der Waals surface area contributed by atoms with E-state index in [1.54, 1.807) is 6.92 Å². The van der Waals surface area contributed by atoms with Gasteiger partial charge in [0.05, 0.1) is 5.75 Å². The fraction of sp³-hybridized carbons (Fsp3) is 0.538. The Labute approximate surface area is 119 Å². The lowest BCUT2D eigenvalue weighted by molar-refractivity contribution is 0.174. The topological polar surface area (TPSA) is 76.7 Å². The molecule has 1 aliphatic rings. The van der Waals surface area contributed by atoms with Crippen LogP contribution in [0.15, 0.2) is 18.2 Å². The second-order valence-electron chi connectivity index (χ2n) is 4.61. The molecule has 0 spiro atoms. The van der Waals surface area contributed by atoms with E-state index in [-0.39, 0.29) is 18.6 Å². The SMILES string of the molecule is CCNS(=O)(=O)CCNC(C)c1ccc2c(c1)OCO2. The van der Waals surface area contributed by atoms with Crippen LogP contribution in [-0.2, 0) is 10.0 Å². The Morgan fingerprint density at radius 2 is 2.05 bits per heavy atom. The summed E-state index contributed by atoms with van der Waals surface area (Å²) in [6, 6.07) is 5.77. The average Bonchev–Trinajstić information content (AvgIpc) is 2.85. The van der Waals surface area contributed by atoms with Gasteiger partial charge in [-0.05, 0) is 24.6 Å². The van der Waals surface area contributed by atoms with Crippen LogP contribution in [0.2, 0.25) is 0 Å². The van der Waals surface area contributed by atoms with Crippen LogP contribution in [0.3, 0.4) is 0 Å². The van der Waals surface area contributed by atoms with Gasteiger partial charge in [-0.3, -0.25) is 0 Å². The van der Waals surface area contributed by atoms with Gasteiger partial charge >= 0.3 is 0 Å². The average molecular weight is 300 g/mol. The van der Waals surface area contributed by atoms with Gasteiger partial charge in [0, 0.05) is 19.1 Å². The van der Waals surface area contributed by atoms with Crippen LogP contribution in [0.4, 0.5) is 0 Å². The smallest absolute Gasteiger partial charge is 0.231 e. The first-order valence-corrected chi connectivity index (χ1v) is 8.27. The molecule has 2 rings (SSSR count). The number of hydrogen-bond donors (Lipinski definition) is 2. The first kappa shape index (κ1) is 15.1. The second kappa shape index (κ2) is 6.43. The van der Waals surface area contributed by atoms with Gasteiger partial charge in [-0.1, -0.05) is 13.0 Å². The van der Waals surface area contributed by atoms with Crippen LogP contribution >= 0.6 is 0 Å². The molecule has 1 atom stereocenters. The highest BCUT2D eigenvalue weighted by Gasteiger charge is 2.16. The third-order valence-corrected chi connectivity index (χ3v) is 4.55. The van der Waals surface area contributed by atoms with E-state index in [1.807, 2.05) is 25.1 Å². The molecule has 0 amide bonds. The maximum Gasteiger partial charge on any atom is 0.231 e. The van der Waals surface area contributed by atoms with E-state index in [0.29, 0.717) is 13.1 Å². The van der Waals surface area contributed by atoms with Gasteiger partial charge in [0.1, 0.15) is 0 Å². The summed E-state index contributed by atoms with van der Waals surface area (Å²) in [5, 5.41) is 3.19. The Bertz CT molecular complexity index is 559. The van der Waals surface area contributed by atoms with E-state index in [2.05, 4.69) is 10.0 Å². The molecule has 112 valence electrons. The van der Waals surface area contributed by atoms with Crippen molar-refractivity contribution in [1.29, 1.82) is 0 Å². The van der Waals surface area contributed by atoms with Gasteiger partial charge in [0.15, 0.2) is 11.5 Å². The Balaban J connectivity index is 1.87. The molecule has 0 aromatic heterocycles. The van der Waals surface area contributed by atoms with E-state index in [9.17, 15) is 8.42 Å². The van der Waals surface area contributed by atoms with Crippen LogP contribution in [-0.4, -0.2) is 34.1 Å². The van der Waals surface area contributed by atoms with Gasteiger partial charge in [-0.2, -0.15) is 0 Å². The van der Waals surface area contributed by atoms with Gasteiger partial charge in [-0.15, -0.1) is 0 Å². The molecule has 1 heterocycles. The molecule has 0 radical (unpaired) electrons. The van der Waals surface area contributed by atoms with E-state index in [1.165, 1.54) is 0 Å². The summed E-state index contributed by atoms with van der Waals surface area (Å²) in [4.78, 5) is 0. The van der Waals surface area contributed by atoms with Gasteiger partial charge in [0.25, 0.3) is 0 Å². The molecule has 0 bridgehead atoms. The molecule has 1 aromatic rings. The lowest BCUT2D eigenvalue weighted by Gasteiger charge is -2.14. The van der Waals surface area contributed by atoms with Crippen molar-refractivity contribution < 1.29 is 17.9 Å². The van der Waals surface area contributed by atoms with E-state index in [4.69, 9.17) is 9.47 Å². The maximum absolute atomic E-state index is 11.5.